The number of benzene rings is 1. The van der Waals surface area contributed by atoms with Gasteiger partial charge in [-0.25, -0.2) is 0 Å². The van der Waals surface area contributed by atoms with Crippen molar-refractivity contribution < 1.29 is 4.74 Å². The van der Waals surface area contributed by atoms with Gasteiger partial charge in [0.25, 0.3) is 0 Å². The molecule has 0 fully saturated rings. The van der Waals surface area contributed by atoms with Crippen molar-refractivity contribution >= 4 is 11.3 Å². The predicted molar refractivity (Wildman–Crippen MR) is 72.4 cm³/mol. The number of hydrogen-bond donors (Lipinski definition) is 1. The van der Waals surface area contributed by atoms with Crippen molar-refractivity contribution in [1.29, 1.82) is 0 Å². The average Bonchev–Trinajstić information content (AvgIpc) is 2.80. The Balaban J connectivity index is 2.06. The van der Waals surface area contributed by atoms with Gasteiger partial charge in [-0.2, -0.15) is 11.3 Å². The summed E-state index contributed by atoms with van der Waals surface area (Å²) in [6.45, 7) is 4.66. The van der Waals surface area contributed by atoms with Gasteiger partial charge in [0.05, 0.1) is 0 Å². The van der Waals surface area contributed by atoms with Crippen molar-refractivity contribution in [1.82, 2.24) is 0 Å². The van der Waals surface area contributed by atoms with Crippen LogP contribution in [0.4, 0.5) is 0 Å². The monoisotopic (exact) mass is 247 g/mol. The van der Waals surface area contributed by atoms with E-state index in [0.29, 0.717) is 6.61 Å². The van der Waals surface area contributed by atoms with Gasteiger partial charge in [0.15, 0.2) is 0 Å². The van der Waals surface area contributed by atoms with Crippen LogP contribution in [0.5, 0.6) is 5.75 Å². The van der Waals surface area contributed by atoms with Gasteiger partial charge in [-0.1, -0.05) is 12.1 Å². The third-order valence-corrected chi connectivity index (χ3v) is 3.43. The Bertz CT molecular complexity index is 477. The zero-order valence-electron chi connectivity index (χ0n) is 10.1. The van der Waals surface area contributed by atoms with Crippen molar-refractivity contribution in [2.45, 2.75) is 26.5 Å². The summed E-state index contributed by atoms with van der Waals surface area (Å²) in [7, 11) is 0. The summed E-state index contributed by atoms with van der Waals surface area (Å²) in [5.74, 6) is 0.931. The number of thiophene rings is 1. The van der Waals surface area contributed by atoms with Crippen molar-refractivity contribution in [3.05, 3.63) is 51.7 Å². The quantitative estimate of drug-likeness (QED) is 0.895. The largest absolute Gasteiger partial charge is 0.489 e. The minimum atomic E-state index is 0.0691. The lowest BCUT2D eigenvalue weighted by molar-refractivity contribution is 0.304. The molecule has 1 atom stereocenters. The highest BCUT2D eigenvalue weighted by Gasteiger charge is 2.04. The maximum absolute atomic E-state index is 5.84. The highest BCUT2D eigenvalue weighted by Crippen LogP contribution is 2.23. The first-order valence-electron chi connectivity index (χ1n) is 5.67. The smallest absolute Gasteiger partial charge is 0.122 e. The average molecular weight is 247 g/mol. The Hall–Kier alpha value is -1.32. The summed E-state index contributed by atoms with van der Waals surface area (Å²) < 4.78 is 5.78. The molecule has 0 spiro atoms. The van der Waals surface area contributed by atoms with Crippen LogP contribution in [-0.2, 0) is 6.61 Å². The Morgan fingerprint density at radius 2 is 2.18 bits per heavy atom. The van der Waals surface area contributed by atoms with E-state index in [-0.39, 0.29) is 6.04 Å². The lowest BCUT2D eigenvalue weighted by Crippen LogP contribution is -2.05. The van der Waals surface area contributed by atoms with Gasteiger partial charge >= 0.3 is 0 Å². The van der Waals surface area contributed by atoms with Crippen LogP contribution >= 0.6 is 11.3 Å². The van der Waals surface area contributed by atoms with Crippen LogP contribution in [0.2, 0.25) is 0 Å². The molecule has 0 aliphatic heterocycles. The molecular weight excluding hydrogens is 230 g/mol. The number of ether oxygens (including phenoxy) is 1. The van der Waals surface area contributed by atoms with Crippen LogP contribution < -0.4 is 10.5 Å². The van der Waals surface area contributed by atoms with E-state index in [4.69, 9.17) is 10.5 Å². The Morgan fingerprint density at radius 1 is 1.35 bits per heavy atom. The molecule has 1 unspecified atom stereocenters. The third-order valence-electron chi connectivity index (χ3n) is 2.70. The molecule has 0 aliphatic carbocycles. The van der Waals surface area contributed by atoms with Crippen LogP contribution in [-0.4, -0.2) is 0 Å². The van der Waals surface area contributed by atoms with E-state index in [2.05, 4.69) is 29.8 Å². The molecule has 0 saturated carbocycles. The van der Waals surface area contributed by atoms with E-state index in [0.717, 1.165) is 16.9 Å². The summed E-state index contributed by atoms with van der Waals surface area (Å²) in [5.41, 5.74) is 9.34. The molecular formula is C14H17NOS. The number of aryl methyl sites for hydroxylation is 1. The third kappa shape index (κ3) is 3.08. The van der Waals surface area contributed by atoms with Gasteiger partial charge < -0.3 is 10.5 Å². The lowest BCUT2D eigenvalue weighted by Gasteiger charge is -2.11. The SMILES string of the molecule is Cc1cc(C(C)N)ccc1OCc1ccsc1. The fourth-order valence-corrected chi connectivity index (χ4v) is 2.31. The topological polar surface area (TPSA) is 35.2 Å². The van der Waals surface area contributed by atoms with Gasteiger partial charge in [-0.3, -0.25) is 0 Å². The number of nitrogens with two attached hydrogens (primary N) is 1. The van der Waals surface area contributed by atoms with Crippen molar-refractivity contribution in [2.75, 3.05) is 0 Å². The van der Waals surface area contributed by atoms with E-state index in [1.807, 2.05) is 19.1 Å². The lowest BCUT2D eigenvalue weighted by atomic mass is 10.1. The molecule has 17 heavy (non-hydrogen) atoms. The van der Waals surface area contributed by atoms with E-state index in [9.17, 15) is 0 Å². The van der Waals surface area contributed by atoms with Gasteiger partial charge in [0.2, 0.25) is 0 Å². The van der Waals surface area contributed by atoms with Crippen molar-refractivity contribution in [3.63, 3.8) is 0 Å². The predicted octanol–water partition coefficient (Wildman–Crippen LogP) is 3.66. The van der Waals surface area contributed by atoms with E-state index in [1.165, 1.54) is 5.56 Å². The highest BCUT2D eigenvalue weighted by molar-refractivity contribution is 7.07. The molecule has 2 rings (SSSR count). The number of rotatable bonds is 4. The minimum absolute atomic E-state index is 0.0691. The molecule has 0 bridgehead atoms. The molecule has 2 aromatic rings. The molecule has 1 aromatic heterocycles. The summed E-state index contributed by atoms with van der Waals surface area (Å²) in [4.78, 5) is 0. The fourth-order valence-electron chi connectivity index (χ4n) is 1.65. The highest BCUT2D eigenvalue weighted by atomic mass is 32.1. The molecule has 0 aliphatic rings. The molecule has 90 valence electrons. The first-order chi connectivity index (χ1) is 8.16. The molecule has 0 saturated heterocycles. The fraction of sp³-hybridized carbons (Fsp3) is 0.286. The second kappa shape index (κ2) is 5.34. The van der Waals surface area contributed by atoms with Gasteiger partial charge in [0.1, 0.15) is 12.4 Å². The van der Waals surface area contributed by atoms with E-state index in [1.54, 1.807) is 11.3 Å². The van der Waals surface area contributed by atoms with Crippen LogP contribution in [0, 0.1) is 6.92 Å². The van der Waals surface area contributed by atoms with E-state index < -0.39 is 0 Å². The van der Waals surface area contributed by atoms with E-state index >= 15 is 0 Å². The van der Waals surface area contributed by atoms with Gasteiger partial charge in [0, 0.05) is 6.04 Å². The molecule has 0 amide bonds. The van der Waals surface area contributed by atoms with Crippen LogP contribution in [0.25, 0.3) is 0 Å². The van der Waals surface area contributed by atoms with Crippen molar-refractivity contribution in [3.8, 4) is 5.75 Å². The first-order valence-corrected chi connectivity index (χ1v) is 6.61. The zero-order chi connectivity index (χ0) is 12.3. The second-order valence-corrected chi connectivity index (χ2v) is 5.01. The Kier molecular flexibility index (Phi) is 3.82. The zero-order valence-corrected chi connectivity index (χ0v) is 11.0. The van der Waals surface area contributed by atoms with Gasteiger partial charge in [-0.05, 0) is 53.4 Å². The molecule has 3 heteroatoms. The molecule has 1 heterocycles. The van der Waals surface area contributed by atoms with Gasteiger partial charge in [-0.15, -0.1) is 0 Å². The standard InChI is InChI=1S/C14H17NOS/c1-10-7-13(11(2)15)3-4-14(10)16-8-12-5-6-17-9-12/h3-7,9,11H,8,15H2,1-2H3. The minimum Gasteiger partial charge on any atom is -0.489 e. The molecule has 2 nitrogen and oxygen atoms in total. The summed E-state index contributed by atoms with van der Waals surface area (Å²) >= 11 is 1.69. The summed E-state index contributed by atoms with van der Waals surface area (Å²) in [6, 6.07) is 8.27. The van der Waals surface area contributed by atoms with Crippen LogP contribution in [0.1, 0.15) is 29.7 Å². The summed E-state index contributed by atoms with van der Waals surface area (Å²) in [6.07, 6.45) is 0. The molecule has 0 radical (unpaired) electrons. The van der Waals surface area contributed by atoms with Crippen molar-refractivity contribution in [2.24, 2.45) is 5.73 Å². The molecule has 2 N–H and O–H groups in total. The number of hydrogen-bond acceptors (Lipinski definition) is 3. The maximum atomic E-state index is 5.84. The summed E-state index contributed by atoms with van der Waals surface area (Å²) in [5, 5.41) is 4.16. The Morgan fingerprint density at radius 3 is 2.76 bits per heavy atom. The first kappa shape index (κ1) is 12.1. The van der Waals surface area contributed by atoms with Crippen LogP contribution in [0.3, 0.4) is 0 Å². The maximum Gasteiger partial charge on any atom is 0.122 e. The Labute approximate surface area is 106 Å². The van der Waals surface area contributed by atoms with Crippen LogP contribution in [0.15, 0.2) is 35.0 Å². The molecule has 1 aromatic carbocycles. The second-order valence-electron chi connectivity index (χ2n) is 4.23. The normalized spacial score (nSPS) is 12.4.